The van der Waals surface area contributed by atoms with E-state index in [4.69, 9.17) is 9.84 Å². The van der Waals surface area contributed by atoms with E-state index in [2.05, 4.69) is 11.9 Å². The lowest BCUT2D eigenvalue weighted by Crippen LogP contribution is -2.62. The first-order valence-corrected chi connectivity index (χ1v) is 4.76. The first-order chi connectivity index (χ1) is 7.11. The van der Waals surface area contributed by atoms with Gasteiger partial charge in [-0.1, -0.05) is 6.08 Å². The van der Waals surface area contributed by atoms with Crippen molar-refractivity contribution in [1.29, 1.82) is 0 Å². The van der Waals surface area contributed by atoms with Crippen LogP contribution in [0.25, 0.3) is 0 Å². The van der Waals surface area contributed by atoms with Crippen LogP contribution in [0.1, 0.15) is 0 Å². The highest BCUT2D eigenvalue weighted by Crippen LogP contribution is 2.19. The van der Waals surface area contributed by atoms with Crippen LogP contribution < -0.4 is 5.32 Å². The molecule has 0 aliphatic carbocycles. The van der Waals surface area contributed by atoms with Crippen LogP contribution in [-0.2, 0) is 4.74 Å². The maximum Gasteiger partial charge on any atom is 0.137 e. The minimum Gasteiger partial charge on any atom is -0.394 e. The van der Waals surface area contributed by atoms with Crippen LogP contribution in [0, 0.1) is 0 Å². The van der Waals surface area contributed by atoms with Crippen molar-refractivity contribution in [3.8, 4) is 0 Å². The van der Waals surface area contributed by atoms with Gasteiger partial charge >= 0.3 is 0 Å². The van der Waals surface area contributed by atoms with E-state index in [1.165, 1.54) is 0 Å². The second-order valence-electron chi connectivity index (χ2n) is 3.45. The molecule has 1 heterocycles. The van der Waals surface area contributed by atoms with Crippen LogP contribution in [0.4, 0.5) is 0 Å². The van der Waals surface area contributed by atoms with Gasteiger partial charge in [0.2, 0.25) is 0 Å². The quantitative estimate of drug-likeness (QED) is 0.337. The average molecular weight is 219 g/mol. The summed E-state index contributed by atoms with van der Waals surface area (Å²) < 4.78 is 5.16. The number of aliphatic hydroxyl groups is 4. The van der Waals surface area contributed by atoms with Crippen LogP contribution in [-0.4, -0.2) is 64.2 Å². The standard InChI is InChI=1S/C9H17NO5/c1-2-3-10-9-8(14)7(13)6(12)5(4-11)15-9/h2,5-14H,1,3-4H2/t5-,6+,7+,8+,9+/m0/s1. The van der Waals surface area contributed by atoms with Crippen molar-refractivity contribution in [3.63, 3.8) is 0 Å². The normalized spacial score (nSPS) is 41.5. The number of hydrogen-bond acceptors (Lipinski definition) is 6. The zero-order valence-corrected chi connectivity index (χ0v) is 8.28. The average Bonchev–Trinajstić information content (AvgIpc) is 2.25. The molecule has 0 bridgehead atoms. The molecule has 5 N–H and O–H groups in total. The van der Waals surface area contributed by atoms with Gasteiger partial charge in [0.15, 0.2) is 0 Å². The van der Waals surface area contributed by atoms with Gasteiger partial charge in [-0.25, -0.2) is 0 Å². The highest BCUT2D eigenvalue weighted by atomic mass is 16.6. The van der Waals surface area contributed by atoms with Crippen molar-refractivity contribution >= 4 is 0 Å². The Labute approximate surface area is 87.8 Å². The van der Waals surface area contributed by atoms with Crippen molar-refractivity contribution in [3.05, 3.63) is 12.7 Å². The Morgan fingerprint density at radius 3 is 2.40 bits per heavy atom. The van der Waals surface area contributed by atoms with E-state index in [9.17, 15) is 15.3 Å². The zero-order valence-electron chi connectivity index (χ0n) is 8.28. The van der Waals surface area contributed by atoms with E-state index < -0.39 is 37.3 Å². The molecule has 0 aromatic carbocycles. The molecular weight excluding hydrogens is 202 g/mol. The molecule has 0 aromatic heterocycles. The van der Waals surface area contributed by atoms with Gasteiger partial charge in [0.1, 0.15) is 30.6 Å². The van der Waals surface area contributed by atoms with E-state index in [-0.39, 0.29) is 0 Å². The highest BCUT2D eigenvalue weighted by Gasteiger charge is 2.42. The van der Waals surface area contributed by atoms with Crippen LogP contribution in [0.3, 0.4) is 0 Å². The molecule has 0 aromatic rings. The van der Waals surface area contributed by atoms with E-state index in [0.29, 0.717) is 6.54 Å². The summed E-state index contributed by atoms with van der Waals surface area (Å²) in [5.74, 6) is 0. The van der Waals surface area contributed by atoms with Gasteiger partial charge in [0, 0.05) is 6.54 Å². The fraction of sp³-hybridized carbons (Fsp3) is 0.778. The Kier molecular flexibility index (Phi) is 4.65. The van der Waals surface area contributed by atoms with E-state index in [1.807, 2.05) is 0 Å². The molecule has 1 saturated heterocycles. The van der Waals surface area contributed by atoms with Crippen LogP contribution in [0.15, 0.2) is 12.7 Å². The SMILES string of the molecule is C=CCN[C@@H]1O[C@@H](CO)[C@@H](O)[C@@H](O)[C@H]1O. The predicted octanol–water partition coefficient (Wildman–Crippen LogP) is -2.44. The van der Waals surface area contributed by atoms with Crippen molar-refractivity contribution in [2.45, 2.75) is 30.6 Å². The highest BCUT2D eigenvalue weighted by molar-refractivity contribution is 4.91. The molecular formula is C9H17NO5. The molecule has 0 saturated carbocycles. The fourth-order valence-electron chi connectivity index (χ4n) is 1.47. The molecule has 6 heteroatoms. The summed E-state index contributed by atoms with van der Waals surface area (Å²) in [6.45, 7) is 3.45. The minimum atomic E-state index is -1.33. The number of ether oxygens (including phenoxy) is 1. The molecule has 88 valence electrons. The maximum atomic E-state index is 9.53. The molecule has 1 fully saturated rings. The third-order valence-corrected chi connectivity index (χ3v) is 2.36. The first kappa shape index (κ1) is 12.6. The predicted molar refractivity (Wildman–Crippen MR) is 52.0 cm³/mol. The second kappa shape index (κ2) is 5.55. The monoisotopic (exact) mass is 219 g/mol. The molecule has 0 amide bonds. The van der Waals surface area contributed by atoms with Gasteiger partial charge in [0.25, 0.3) is 0 Å². The molecule has 5 atom stereocenters. The summed E-state index contributed by atoms with van der Waals surface area (Å²) in [5.41, 5.74) is 0. The third kappa shape index (κ3) is 2.75. The summed E-state index contributed by atoms with van der Waals surface area (Å²) in [7, 11) is 0. The summed E-state index contributed by atoms with van der Waals surface area (Å²) in [4.78, 5) is 0. The molecule has 1 aliphatic rings. The Morgan fingerprint density at radius 1 is 1.20 bits per heavy atom. The number of hydrogen-bond donors (Lipinski definition) is 5. The molecule has 6 nitrogen and oxygen atoms in total. The first-order valence-electron chi connectivity index (χ1n) is 4.76. The molecule has 1 rings (SSSR count). The smallest absolute Gasteiger partial charge is 0.137 e. The summed E-state index contributed by atoms with van der Waals surface area (Å²) in [5, 5.41) is 40.0. The van der Waals surface area contributed by atoms with E-state index in [0.717, 1.165) is 0 Å². The summed E-state index contributed by atoms with van der Waals surface area (Å²) in [6, 6.07) is 0. The lowest BCUT2D eigenvalue weighted by Gasteiger charge is -2.40. The van der Waals surface area contributed by atoms with E-state index in [1.54, 1.807) is 6.08 Å². The topological polar surface area (TPSA) is 102 Å². The molecule has 0 spiro atoms. The van der Waals surface area contributed by atoms with Gasteiger partial charge in [0.05, 0.1) is 6.61 Å². The maximum absolute atomic E-state index is 9.53. The van der Waals surface area contributed by atoms with Gasteiger partial charge in [-0.15, -0.1) is 6.58 Å². The van der Waals surface area contributed by atoms with Gasteiger partial charge in [-0.2, -0.15) is 0 Å². The third-order valence-electron chi connectivity index (χ3n) is 2.36. The van der Waals surface area contributed by atoms with Crippen LogP contribution in [0.2, 0.25) is 0 Å². The number of aliphatic hydroxyl groups excluding tert-OH is 4. The lowest BCUT2D eigenvalue weighted by molar-refractivity contribution is -0.235. The molecule has 1 aliphatic heterocycles. The zero-order chi connectivity index (χ0) is 11.4. The van der Waals surface area contributed by atoms with Crippen molar-refractivity contribution in [2.24, 2.45) is 0 Å². The van der Waals surface area contributed by atoms with Gasteiger partial charge in [-0.05, 0) is 0 Å². The Hall–Kier alpha value is -0.500. The molecule has 0 radical (unpaired) electrons. The number of rotatable bonds is 4. The molecule has 15 heavy (non-hydrogen) atoms. The summed E-state index contributed by atoms with van der Waals surface area (Å²) in [6.07, 6.45) is -4.00. The molecule has 0 unspecified atom stereocenters. The largest absolute Gasteiger partial charge is 0.394 e. The Balaban J connectivity index is 2.60. The van der Waals surface area contributed by atoms with Crippen molar-refractivity contribution in [2.75, 3.05) is 13.2 Å². The van der Waals surface area contributed by atoms with Gasteiger partial charge < -0.3 is 25.2 Å². The van der Waals surface area contributed by atoms with Crippen molar-refractivity contribution in [1.82, 2.24) is 5.32 Å². The Morgan fingerprint density at radius 2 is 1.87 bits per heavy atom. The second-order valence-corrected chi connectivity index (χ2v) is 3.45. The van der Waals surface area contributed by atoms with Crippen LogP contribution >= 0.6 is 0 Å². The van der Waals surface area contributed by atoms with Crippen molar-refractivity contribution < 1.29 is 25.2 Å². The Bertz CT molecular complexity index is 211. The summed E-state index contributed by atoms with van der Waals surface area (Å²) >= 11 is 0. The lowest BCUT2D eigenvalue weighted by atomic mass is 9.98. The minimum absolute atomic E-state index is 0.392. The van der Waals surface area contributed by atoms with E-state index >= 15 is 0 Å². The van der Waals surface area contributed by atoms with Crippen LogP contribution in [0.5, 0.6) is 0 Å². The number of nitrogens with one attached hydrogen (secondary N) is 1. The van der Waals surface area contributed by atoms with Gasteiger partial charge in [-0.3, -0.25) is 5.32 Å². The fourth-order valence-corrected chi connectivity index (χ4v) is 1.47.